The summed E-state index contributed by atoms with van der Waals surface area (Å²) < 4.78 is 6.72. The number of aliphatic hydroxyl groups excluding tert-OH is 1. The van der Waals surface area contributed by atoms with E-state index in [2.05, 4.69) is 27.8 Å². The maximum absolute atomic E-state index is 9.00. The smallest absolute Gasteiger partial charge is 0.120 e. The molecule has 0 radical (unpaired) electrons. The Morgan fingerprint density at radius 1 is 1.28 bits per heavy atom. The number of nitrogens with zero attached hydrogens (tertiary/aromatic N) is 1. The molecule has 18 heavy (non-hydrogen) atoms. The van der Waals surface area contributed by atoms with Crippen molar-refractivity contribution in [2.75, 3.05) is 32.8 Å². The number of hydrogen-bond acceptors (Lipinski definition) is 3. The van der Waals surface area contributed by atoms with Crippen molar-refractivity contribution < 1.29 is 9.84 Å². The van der Waals surface area contributed by atoms with Crippen molar-refractivity contribution in [3.8, 4) is 5.75 Å². The Bertz CT molecular complexity index is 333. The van der Waals surface area contributed by atoms with Crippen LogP contribution >= 0.6 is 15.9 Å². The summed E-state index contributed by atoms with van der Waals surface area (Å²) in [5.41, 5.74) is 0. The van der Waals surface area contributed by atoms with Gasteiger partial charge in [-0.15, -0.1) is 0 Å². The van der Waals surface area contributed by atoms with Gasteiger partial charge in [0.25, 0.3) is 0 Å². The van der Waals surface area contributed by atoms with Crippen LogP contribution in [-0.4, -0.2) is 42.9 Å². The molecule has 4 heteroatoms. The lowest BCUT2D eigenvalue weighted by Gasteiger charge is -2.21. The highest BCUT2D eigenvalue weighted by Gasteiger charge is 2.04. The van der Waals surface area contributed by atoms with E-state index < -0.39 is 0 Å². The lowest BCUT2D eigenvalue weighted by Crippen LogP contribution is -2.32. The molecule has 0 spiro atoms. The second kappa shape index (κ2) is 9.36. The van der Waals surface area contributed by atoms with Gasteiger partial charge in [-0.3, -0.25) is 4.90 Å². The Balaban J connectivity index is 2.29. The molecule has 1 rings (SSSR count). The van der Waals surface area contributed by atoms with Crippen LogP contribution in [0.2, 0.25) is 0 Å². The molecule has 0 amide bonds. The average molecular weight is 316 g/mol. The van der Waals surface area contributed by atoms with Gasteiger partial charge in [0.1, 0.15) is 12.4 Å². The van der Waals surface area contributed by atoms with Crippen molar-refractivity contribution in [1.29, 1.82) is 0 Å². The summed E-state index contributed by atoms with van der Waals surface area (Å²) in [6.07, 6.45) is 2.34. The van der Waals surface area contributed by atoms with Gasteiger partial charge in [0.05, 0.1) is 6.61 Å². The van der Waals surface area contributed by atoms with Crippen LogP contribution in [0.3, 0.4) is 0 Å². The molecule has 1 aromatic carbocycles. The molecule has 0 aliphatic carbocycles. The fourth-order valence-electron chi connectivity index (χ4n) is 1.71. The maximum atomic E-state index is 9.00. The van der Waals surface area contributed by atoms with Crippen LogP contribution in [0.1, 0.15) is 19.8 Å². The van der Waals surface area contributed by atoms with E-state index in [4.69, 9.17) is 9.84 Å². The van der Waals surface area contributed by atoms with Crippen LogP contribution in [0.15, 0.2) is 28.7 Å². The molecule has 102 valence electrons. The van der Waals surface area contributed by atoms with E-state index in [-0.39, 0.29) is 6.61 Å². The molecule has 0 saturated heterocycles. The molecule has 0 aliphatic heterocycles. The van der Waals surface area contributed by atoms with Crippen molar-refractivity contribution in [3.63, 3.8) is 0 Å². The van der Waals surface area contributed by atoms with Gasteiger partial charge in [-0.25, -0.2) is 0 Å². The minimum absolute atomic E-state index is 0.209. The predicted molar refractivity (Wildman–Crippen MR) is 78.1 cm³/mol. The number of rotatable bonds is 9. The topological polar surface area (TPSA) is 32.7 Å². The highest BCUT2D eigenvalue weighted by molar-refractivity contribution is 9.10. The molecule has 3 nitrogen and oxygen atoms in total. The minimum Gasteiger partial charge on any atom is -0.492 e. The number of unbranched alkanes of at least 4 members (excludes halogenated alkanes) is 1. The largest absolute Gasteiger partial charge is 0.492 e. The average Bonchev–Trinajstić information content (AvgIpc) is 2.36. The first kappa shape index (κ1) is 15.5. The fraction of sp³-hybridized carbons (Fsp3) is 0.571. The first-order valence-corrected chi connectivity index (χ1v) is 7.27. The second-order valence-corrected chi connectivity index (χ2v) is 5.14. The molecular weight excluding hydrogens is 294 g/mol. The summed E-state index contributed by atoms with van der Waals surface area (Å²) in [6.45, 7) is 5.64. The van der Waals surface area contributed by atoms with Gasteiger partial charge in [0, 0.05) is 17.6 Å². The highest BCUT2D eigenvalue weighted by atomic mass is 79.9. The summed E-state index contributed by atoms with van der Waals surface area (Å²) in [4.78, 5) is 2.24. The summed E-state index contributed by atoms with van der Waals surface area (Å²) in [5.74, 6) is 0.879. The standard InChI is InChI=1S/C14H22BrNO2/c1-2-3-7-16(8-10-17)9-11-18-14-6-4-5-13(15)12-14/h4-6,12,17H,2-3,7-11H2,1H3. The SMILES string of the molecule is CCCCN(CCO)CCOc1cccc(Br)c1. The van der Waals surface area contributed by atoms with Gasteiger partial charge in [-0.1, -0.05) is 35.3 Å². The van der Waals surface area contributed by atoms with E-state index in [1.807, 2.05) is 24.3 Å². The van der Waals surface area contributed by atoms with E-state index in [0.717, 1.165) is 36.3 Å². The fourth-order valence-corrected chi connectivity index (χ4v) is 2.09. The van der Waals surface area contributed by atoms with Crippen LogP contribution < -0.4 is 4.74 Å². The quantitative estimate of drug-likeness (QED) is 0.760. The van der Waals surface area contributed by atoms with Gasteiger partial charge in [-0.05, 0) is 31.2 Å². The summed E-state index contributed by atoms with van der Waals surface area (Å²) in [5, 5.41) is 9.00. The maximum Gasteiger partial charge on any atom is 0.120 e. The Morgan fingerprint density at radius 3 is 2.78 bits per heavy atom. The third-order valence-electron chi connectivity index (χ3n) is 2.72. The third-order valence-corrected chi connectivity index (χ3v) is 3.21. The number of ether oxygens (including phenoxy) is 1. The molecule has 1 N–H and O–H groups in total. The van der Waals surface area contributed by atoms with Crippen LogP contribution in [0.4, 0.5) is 0 Å². The van der Waals surface area contributed by atoms with Crippen molar-refractivity contribution in [3.05, 3.63) is 28.7 Å². The van der Waals surface area contributed by atoms with Crippen molar-refractivity contribution in [1.82, 2.24) is 4.90 Å². The Labute approximate surface area is 118 Å². The summed E-state index contributed by atoms with van der Waals surface area (Å²) in [7, 11) is 0. The summed E-state index contributed by atoms with van der Waals surface area (Å²) in [6, 6.07) is 7.85. The van der Waals surface area contributed by atoms with Crippen LogP contribution in [0.25, 0.3) is 0 Å². The molecule has 0 heterocycles. The van der Waals surface area contributed by atoms with E-state index in [1.165, 1.54) is 6.42 Å². The van der Waals surface area contributed by atoms with Gasteiger partial charge >= 0.3 is 0 Å². The molecule has 0 aromatic heterocycles. The molecule has 0 aliphatic rings. The normalized spacial score (nSPS) is 10.9. The Hall–Kier alpha value is -0.580. The van der Waals surface area contributed by atoms with Gasteiger partial charge < -0.3 is 9.84 Å². The monoisotopic (exact) mass is 315 g/mol. The van der Waals surface area contributed by atoms with E-state index in [0.29, 0.717) is 6.61 Å². The molecule has 0 saturated carbocycles. The summed E-state index contributed by atoms with van der Waals surface area (Å²) >= 11 is 3.42. The Kier molecular flexibility index (Phi) is 8.05. The van der Waals surface area contributed by atoms with E-state index in [1.54, 1.807) is 0 Å². The van der Waals surface area contributed by atoms with Crippen LogP contribution in [-0.2, 0) is 0 Å². The molecule has 0 atom stereocenters. The number of benzene rings is 1. The molecule has 1 aromatic rings. The zero-order valence-electron chi connectivity index (χ0n) is 10.9. The molecular formula is C14H22BrNO2. The highest BCUT2D eigenvalue weighted by Crippen LogP contribution is 2.17. The van der Waals surface area contributed by atoms with Crippen molar-refractivity contribution in [2.45, 2.75) is 19.8 Å². The minimum atomic E-state index is 0.209. The van der Waals surface area contributed by atoms with E-state index in [9.17, 15) is 0 Å². The number of hydrogen-bond donors (Lipinski definition) is 1. The third kappa shape index (κ3) is 6.38. The van der Waals surface area contributed by atoms with E-state index >= 15 is 0 Å². The molecule has 0 fully saturated rings. The van der Waals surface area contributed by atoms with Crippen molar-refractivity contribution >= 4 is 15.9 Å². The molecule has 0 unspecified atom stereocenters. The second-order valence-electron chi connectivity index (χ2n) is 4.22. The van der Waals surface area contributed by atoms with Crippen LogP contribution in [0, 0.1) is 0 Å². The molecule has 0 bridgehead atoms. The first-order valence-electron chi connectivity index (χ1n) is 6.48. The lowest BCUT2D eigenvalue weighted by molar-refractivity contribution is 0.167. The van der Waals surface area contributed by atoms with Crippen LogP contribution in [0.5, 0.6) is 5.75 Å². The first-order chi connectivity index (χ1) is 8.76. The van der Waals surface area contributed by atoms with Gasteiger partial charge in [0.15, 0.2) is 0 Å². The van der Waals surface area contributed by atoms with Crippen molar-refractivity contribution in [2.24, 2.45) is 0 Å². The zero-order chi connectivity index (χ0) is 13.2. The van der Waals surface area contributed by atoms with Gasteiger partial charge in [0.2, 0.25) is 0 Å². The number of aliphatic hydroxyl groups is 1. The predicted octanol–water partition coefficient (Wildman–Crippen LogP) is 2.92. The Morgan fingerprint density at radius 2 is 2.11 bits per heavy atom. The lowest BCUT2D eigenvalue weighted by atomic mass is 10.3. The number of halogens is 1. The van der Waals surface area contributed by atoms with Gasteiger partial charge in [-0.2, -0.15) is 0 Å². The zero-order valence-corrected chi connectivity index (χ0v) is 12.5.